The van der Waals surface area contributed by atoms with Crippen LogP contribution in [-0.4, -0.2) is 21.5 Å². The van der Waals surface area contributed by atoms with Gasteiger partial charge in [-0.25, -0.2) is 4.98 Å². The van der Waals surface area contributed by atoms with E-state index in [1.807, 2.05) is 17.8 Å². The fourth-order valence-corrected chi connectivity index (χ4v) is 3.23. The van der Waals surface area contributed by atoms with Gasteiger partial charge in [0.1, 0.15) is 5.82 Å². The maximum absolute atomic E-state index is 6.09. The van der Waals surface area contributed by atoms with E-state index in [9.17, 15) is 0 Å². The van der Waals surface area contributed by atoms with Crippen LogP contribution in [0.15, 0.2) is 16.7 Å². The van der Waals surface area contributed by atoms with Crippen molar-refractivity contribution in [2.45, 2.75) is 24.6 Å². The van der Waals surface area contributed by atoms with E-state index in [-0.39, 0.29) is 4.75 Å². The number of thioether (sulfide) groups is 1. The standard InChI is InChI=1S/C10H12BrClN2S/c1-10(2)8(5-15-10)14-9-7(12)3-6(11)4-13-9/h3-4,8H,5H2,1-2H3,(H,13,14). The van der Waals surface area contributed by atoms with E-state index in [0.29, 0.717) is 11.1 Å². The third-order valence-electron chi connectivity index (χ3n) is 2.58. The number of hydrogen-bond acceptors (Lipinski definition) is 3. The molecule has 1 atom stereocenters. The molecule has 0 spiro atoms. The van der Waals surface area contributed by atoms with Gasteiger partial charge < -0.3 is 5.32 Å². The minimum atomic E-state index is 0.276. The first kappa shape index (κ1) is 11.6. The van der Waals surface area contributed by atoms with Crippen LogP contribution in [0.25, 0.3) is 0 Å². The highest BCUT2D eigenvalue weighted by molar-refractivity contribution is 9.10. The fraction of sp³-hybridized carbons (Fsp3) is 0.500. The van der Waals surface area contributed by atoms with E-state index in [0.717, 1.165) is 16.0 Å². The van der Waals surface area contributed by atoms with Crippen LogP contribution < -0.4 is 5.32 Å². The van der Waals surface area contributed by atoms with E-state index < -0.39 is 0 Å². The number of hydrogen-bond donors (Lipinski definition) is 1. The fourth-order valence-electron chi connectivity index (χ4n) is 1.40. The third kappa shape index (κ3) is 2.43. The highest BCUT2D eigenvalue weighted by Crippen LogP contribution is 2.42. The summed E-state index contributed by atoms with van der Waals surface area (Å²) in [6.45, 7) is 4.46. The molecule has 0 aliphatic carbocycles. The first-order valence-corrected chi connectivity index (χ1v) is 6.86. The van der Waals surface area contributed by atoms with Gasteiger partial charge in [0.15, 0.2) is 0 Å². The lowest BCUT2D eigenvalue weighted by atomic mass is 10.0. The van der Waals surface area contributed by atoms with Gasteiger partial charge in [0.2, 0.25) is 0 Å². The van der Waals surface area contributed by atoms with E-state index in [4.69, 9.17) is 11.6 Å². The second-order valence-corrected chi connectivity index (χ2v) is 7.09. The smallest absolute Gasteiger partial charge is 0.145 e. The quantitative estimate of drug-likeness (QED) is 0.899. The Balaban J connectivity index is 2.11. The van der Waals surface area contributed by atoms with Gasteiger partial charge in [-0.3, -0.25) is 0 Å². The summed E-state index contributed by atoms with van der Waals surface area (Å²) >= 11 is 11.4. The Kier molecular flexibility index (Phi) is 3.20. The van der Waals surface area contributed by atoms with Crippen molar-refractivity contribution in [3.05, 3.63) is 21.8 Å². The van der Waals surface area contributed by atoms with Crippen LogP contribution in [0.5, 0.6) is 0 Å². The average molecular weight is 308 g/mol. The summed E-state index contributed by atoms with van der Waals surface area (Å²) in [4.78, 5) is 4.27. The highest BCUT2D eigenvalue weighted by atomic mass is 79.9. The van der Waals surface area contributed by atoms with Crippen LogP contribution in [-0.2, 0) is 0 Å². The van der Waals surface area contributed by atoms with Crippen molar-refractivity contribution in [1.29, 1.82) is 0 Å². The van der Waals surface area contributed by atoms with Gasteiger partial charge in [0.05, 0.1) is 11.1 Å². The Hall–Kier alpha value is 0.0700. The zero-order valence-electron chi connectivity index (χ0n) is 8.55. The van der Waals surface area contributed by atoms with Crippen molar-refractivity contribution in [2.24, 2.45) is 0 Å². The van der Waals surface area contributed by atoms with E-state index in [1.165, 1.54) is 0 Å². The molecule has 15 heavy (non-hydrogen) atoms. The molecule has 2 heterocycles. The van der Waals surface area contributed by atoms with Crippen molar-refractivity contribution < 1.29 is 0 Å². The average Bonchev–Trinajstić information content (AvgIpc) is 2.15. The molecule has 1 aliphatic heterocycles. The number of pyridine rings is 1. The SMILES string of the molecule is CC1(C)SCC1Nc1ncc(Br)cc1Cl. The molecule has 2 rings (SSSR count). The van der Waals surface area contributed by atoms with Gasteiger partial charge in [-0.05, 0) is 35.8 Å². The second kappa shape index (κ2) is 4.15. The molecule has 0 amide bonds. The maximum Gasteiger partial charge on any atom is 0.145 e. The summed E-state index contributed by atoms with van der Waals surface area (Å²) < 4.78 is 1.18. The molecule has 1 fully saturated rings. The summed E-state index contributed by atoms with van der Waals surface area (Å²) in [7, 11) is 0. The number of nitrogens with zero attached hydrogens (tertiary/aromatic N) is 1. The van der Waals surface area contributed by atoms with Crippen LogP contribution in [0.4, 0.5) is 5.82 Å². The molecule has 82 valence electrons. The number of aromatic nitrogens is 1. The van der Waals surface area contributed by atoms with E-state index >= 15 is 0 Å². The molecular weight excluding hydrogens is 296 g/mol. The van der Waals surface area contributed by atoms with Gasteiger partial charge in [0.25, 0.3) is 0 Å². The Labute approximate surface area is 107 Å². The van der Waals surface area contributed by atoms with Crippen LogP contribution in [0.3, 0.4) is 0 Å². The molecule has 5 heteroatoms. The van der Waals surface area contributed by atoms with Crippen LogP contribution in [0.1, 0.15) is 13.8 Å². The van der Waals surface area contributed by atoms with Crippen molar-refractivity contribution in [3.63, 3.8) is 0 Å². The van der Waals surface area contributed by atoms with Crippen LogP contribution in [0, 0.1) is 0 Å². The van der Waals surface area contributed by atoms with Crippen LogP contribution >= 0.6 is 39.3 Å². The molecule has 1 aliphatic rings. The summed E-state index contributed by atoms with van der Waals surface area (Å²) in [6, 6.07) is 2.31. The predicted octanol–water partition coefficient (Wildman–Crippen LogP) is 3.80. The van der Waals surface area contributed by atoms with Gasteiger partial charge in [-0.1, -0.05) is 11.6 Å². The minimum Gasteiger partial charge on any atom is -0.364 e. The lowest BCUT2D eigenvalue weighted by molar-refractivity contribution is 0.574. The molecular formula is C10H12BrClN2S. The largest absolute Gasteiger partial charge is 0.364 e. The molecule has 1 N–H and O–H groups in total. The van der Waals surface area contributed by atoms with E-state index in [1.54, 1.807) is 6.20 Å². The van der Waals surface area contributed by atoms with Crippen molar-refractivity contribution in [2.75, 3.05) is 11.1 Å². The Morgan fingerprint density at radius 3 is 2.87 bits per heavy atom. The predicted molar refractivity (Wildman–Crippen MR) is 70.9 cm³/mol. The van der Waals surface area contributed by atoms with Crippen molar-refractivity contribution in [1.82, 2.24) is 4.98 Å². The summed E-state index contributed by atoms with van der Waals surface area (Å²) in [5.41, 5.74) is 0. The number of halogens is 2. The summed E-state index contributed by atoms with van der Waals surface area (Å²) in [5.74, 6) is 1.89. The number of anilines is 1. The highest BCUT2D eigenvalue weighted by Gasteiger charge is 2.39. The van der Waals surface area contributed by atoms with E-state index in [2.05, 4.69) is 40.1 Å². The zero-order valence-corrected chi connectivity index (χ0v) is 11.7. The molecule has 0 aromatic carbocycles. The molecule has 1 saturated heterocycles. The first-order valence-electron chi connectivity index (χ1n) is 4.70. The first-order chi connectivity index (χ1) is 6.99. The van der Waals surface area contributed by atoms with Gasteiger partial charge >= 0.3 is 0 Å². The van der Waals surface area contributed by atoms with Crippen molar-refractivity contribution >= 4 is 45.1 Å². The van der Waals surface area contributed by atoms with Gasteiger partial charge in [-0.15, -0.1) is 0 Å². The van der Waals surface area contributed by atoms with Gasteiger partial charge in [0, 0.05) is 21.2 Å². The Bertz CT molecular complexity index is 384. The molecule has 1 unspecified atom stereocenters. The molecule has 1 aromatic rings. The summed E-state index contributed by atoms with van der Waals surface area (Å²) in [6.07, 6.45) is 1.76. The number of nitrogens with one attached hydrogen (secondary N) is 1. The number of rotatable bonds is 2. The lowest BCUT2D eigenvalue weighted by Crippen LogP contribution is -2.50. The second-order valence-electron chi connectivity index (χ2n) is 4.10. The van der Waals surface area contributed by atoms with Crippen LogP contribution in [0.2, 0.25) is 5.02 Å². The Morgan fingerprint density at radius 2 is 2.40 bits per heavy atom. The third-order valence-corrected chi connectivity index (χ3v) is 4.83. The molecule has 2 nitrogen and oxygen atoms in total. The van der Waals surface area contributed by atoms with Gasteiger partial charge in [-0.2, -0.15) is 11.8 Å². The topological polar surface area (TPSA) is 24.9 Å². The molecule has 0 saturated carbocycles. The Morgan fingerprint density at radius 1 is 1.67 bits per heavy atom. The molecule has 0 bridgehead atoms. The lowest BCUT2D eigenvalue weighted by Gasteiger charge is -2.44. The maximum atomic E-state index is 6.09. The normalized spacial score (nSPS) is 23.3. The van der Waals surface area contributed by atoms with Crippen molar-refractivity contribution in [3.8, 4) is 0 Å². The zero-order chi connectivity index (χ0) is 11.1. The monoisotopic (exact) mass is 306 g/mol. The molecule has 1 aromatic heterocycles. The minimum absolute atomic E-state index is 0.276. The summed E-state index contributed by atoms with van der Waals surface area (Å²) in [5, 5.41) is 4.04. The molecule has 0 radical (unpaired) electrons.